The summed E-state index contributed by atoms with van der Waals surface area (Å²) < 4.78 is 5.37. The van der Waals surface area contributed by atoms with Gasteiger partial charge in [-0.3, -0.25) is 4.90 Å². The SMILES string of the molecule is Cc1occc1CN1CCCN(c2ncccn2)CC1. The van der Waals surface area contributed by atoms with Crippen molar-refractivity contribution in [3.05, 3.63) is 42.1 Å². The van der Waals surface area contributed by atoms with Crippen LogP contribution in [0.2, 0.25) is 0 Å². The van der Waals surface area contributed by atoms with Gasteiger partial charge in [-0.05, 0) is 25.5 Å². The number of furan rings is 1. The minimum absolute atomic E-state index is 0.842. The molecule has 106 valence electrons. The Morgan fingerprint density at radius 1 is 1.15 bits per heavy atom. The standard InChI is InChI=1S/C15H20N4O/c1-13-14(4-11-20-13)12-18-7-3-8-19(10-9-18)15-16-5-2-6-17-15/h2,4-6,11H,3,7-10,12H2,1H3. The number of hydrogen-bond acceptors (Lipinski definition) is 5. The lowest BCUT2D eigenvalue weighted by molar-refractivity contribution is 0.283. The monoisotopic (exact) mass is 272 g/mol. The summed E-state index contributed by atoms with van der Waals surface area (Å²) in [6.07, 6.45) is 6.52. The summed E-state index contributed by atoms with van der Waals surface area (Å²) in [7, 11) is 0. The lowest BCUT2D eigenvalue weighted by Gasteiger charge is -2.21. The van der Waals surface area contributed by atoms with Crippen molar-refractivity contribution >= 4 is 5.95 Å². The van der Waals surface area contributed by atoms with Crippen molar-refractivity contribution in [2.24, 2.45) is 0 Å². The molecule has 0 atom stereocenters. The van der Waals surface area contributed by atoms with Gasteiger partial charge in [-0.25, -0.2) is 9.97 Å². The quantitative estimate of drug-likeness (QED) is 0.856. The summed E-state index contributed by atoms with van der Waals surface area (Å²) in [4.78, 5) is 13.4. The fourth-order valence-electron chi connectivity index (χ4n) is 2.60. The van der Waals surface area contributed by atoms with Gasteiger partial charge in [0.15, 0.2) is 0 Å². The molecule has 0 aromatic carbocycles. The molecule has 0 radical (unpaired) electrons. The lowest BCUT2D eigenvalue weighted by atomic mass is 10.2. The number of aryl methyl sites for hydroxylation is 1. The van der Waals surface area contributed by atoms with E-state index in [1.807, 2.05) is 13.0 Å². The molecule has 0 bridgehead atoms. The third-order valence-electron chi connectivity index (χ3n) is 3.78. The smallest absolute Gasteiger partial charge is 0.225 e. The van der Waals surface area contributed by atoms with Gasteiger partial charge in [0.05, 0.1) is 6.26 Å². The first-order chi connectivity index (χ1) is 9.83. The third-order valence-corrected chi connectivity index (χ3v) is 3.78. The number of rotatable bonds is 3. The zero-order chi connectivity index (χ0) is 13.8. The second kappa shape index (κ2) is 6.05. The van der Waals surface area contributed by atoms with Gasteiger partial charge < -0.3 is 9.32 Å². The Morgan fingerprint density at radius 2 is 2.00 bits per heavy atom. The summed E-state index contributed by atoms with van der Waals surface area (Å²) in [6, 6.07) is 3.92. The predicted molar refractivity (Wildman–Crippen MR) is 77.6 cm³/mol. The Labute approximate surface area is 119 Å². The highest BCUT2D eigenvalue weighted by Crippen LogP contribution is 2.15. The van der Waals surface area contributed by atoms with Gasteiger partial charge in [-0.15, -0.1) is 0 Å². The zero-order valence-electron chi connectivity index (χ0n) is 11.8. The maximum absolute atomic E-state index is 5.37. The van der Waals surface area contributed by atoms with Crippen LogP contribution in [-0.4, -0.2) is 41.0 Å². The molecule has 0 unspecified atom stereocenters. The normalized spacial score (nSPS) is 17.1. The van der Waals surface area contributed by atoms with Crippen LogP contribution in [0.3, 0.4) is 0 Å². The van der Waals surface area contributed by atoms with Gasteiger partial charge in [0, 0.05) is 50.7 Å². The zero-order valence-corrected chi connectivity index (χ0v) is 11.8. The summed E-state index contributed by atoms with van der Waals surface area (Å²) in [5.41, 5.74) is 1.29. The van der Waals surface area contributed by atoms with Crippen molar-refractivity contribution in [2.75, 3.05) is 31.1 Å². The second-order valence-corrected chi connectivity index (χ2v) is 5.17. The van der Waals surface area contributed by atoms with E-state index in [0.29, 0.717) is 0 Å². The Bertz CT molecular complexity index is 540. The molecule has 1 fully saturated rings. The maximum atomic E-state index is 5.37. The van der Waals surface area contributed by atoms with Crippen molar-refractivity contribution in [1.82, 2.24) is 14.9 Å². The highest BCUT2D eigenvalue weighted by molar-refractivity contribution is 5.28. The first-order valence-corrected chi connectivity index (χ1v) is 7.10. The molecule has 0 aliphatic carbocycles. The van der Waals surface area contributed by atoms with Crippen LogP contribution < -0.4 is 4.90 Å². The molecule has 3 heterocycles. The Hall–Kier alpha value is -1.88. The highest BCUT2D eigenvalue weighted by atomic mass is 16.3. The molecule has 5 nitrogen and oxygen atoms in total. The summed E-state index contributed by atoms with van der Waals surface area (Å²) in [5.74, 6) is 1.87. The number of anilines is 1. The van der Waals surface area contributed by atoms with E-state index >= 15 is 0 Å². The molecule has 0 N–H and O–H groups in total. The molecule has 0 amide bonds. The van der Waals surface area contributed by atoms with E-state index in [-0.39, 0.29) is 0 Å². The number of aromatic nitrogens is 2. The van der Waals surface area contributed by atoms with Crippen molar-refractivity contribution < 1.29 is 4.42 Å². The van der Waals surface area contributed by atoms with Crippen LogP contribution in [0.4, 0.5) is 5.95 Å². The van der Waals surface area contributed by atoms with E-state index < -0.39 is 0 Å². The first-order valence-electron chi connectivity index (χ1n) is 7.10. The van der Waals surface area contributed by atoms with Crippen LogP contribution >= 0.6 is 0 Å². The minimum atomic E-state index is 0.842. The molecule has 20 heavy (non-hydrogen) atoms. The number of hydrogen-bond donors (Lipinski definition) is 0. The van der Waals surface area contributed by atoms with Gasteiger partial charge in [-0.1, -0.05) is 0 Å². The van der Waals surface area contributed by atoms with Gasteiger partial charge in [-0.2, -0.15) is 0 Å². The Morgan fingerprint density at radius 3 is 2.75 bits per heavy atom. The summed E-state index contributed by atoms with van der Waals surface area (Å²) in [6.45, 7) is 7.12. The molecule has 0 spiro atoms. The van der Waals surface area contributed by atoms with Crippen molar-refractivity contribution in [2.45, 2.75) is 19.9 Å². The fraction of sp³-hybridized carbons (Fsp3) is 0.467. The Balaban J connectivity index is 1.61. The second-order valence-electron chi connectivity index (χ2n) is 5.17. The van der Waals surface area contributed by atoms with Crippen LogP contribution in [0.25, 0.3) is 0 Å². The van der Waals surface area contributed by atoms with Crippen LogP contribution in [0.5, 0.6) is 0 Å². The molecule has 1 aliphatic heterocycles. The van der Waals surface area contributed by atoms with E-state index in [0.717, 1.165) is 50.9 Å². The molecule has 2 aromatic rings. The summed E-state index contributed by atoms with van der Waals surface area (Å²) in [5, 5.41) is 0. The molecule has 1 saturated heterocycles. The van der Waals surface area contributed by atoms with Crippen molar-refractivity contribution in [3.63, 3.8) is 0 Å². The van der Waals surface area contributed by atoms with Crippen LogP contribution in [0, 0.1) is 6.92 Å². The lowest BCUT2D eigenvalue weighted by Crippen LogP contribution is -2.31. The Kier molecular flexibility index (Phi) is 3.97. The first kappa shape index (κ1) is 13.1. The van der Waals surface area contributed by atoms with Crippen molar-refractivity contribution in [3.8, 4) is 0 Å². The molecular weight excluding hydrogens is 252 g/mol. The highest BCUT2D eigenvalue weighted by Gasteiger charge is 2.17. The molecular formula is C15H20N4O. The summed E-state index contributed by atoms with van der Waals surface area (Å²) >= 11 is 0. The van der Waals surface area contributed by atoms with E-state index in [2.05, 4.69) is 25.8 Å². The molecule has 0 saturated carbocycles. The minimum Gasteiger partial charge on any atom is -0.469 e. The van der Waals surface area contributed by atoms with Gasteiger partial charge in [0.1, 0.15) is 5.76 Å². The largest absolute Gasteiger partial charge is 0.469 e. The fourth-order valence-corrected chi connectivity index (χ4v) is 2.60. The molecule has 2 aromatic heterocycles. The maximum Gasteiger partial charge on any atom is 0.225 e. The number of nitrogens with zero attached hydrogens (tertiary/aromatic N) is 4. The van der Waals surface area contributed by atoms with E-state index in [1.54, 1.807) is 18.7 Å². The molecule has 3 rings (SSSR count). The molecule has 5 heteroatoms. The predicted octanol–water partition coefficient (Wildman–Crippen LogP) is 2.09. The third kappa shape index (κ3) is 2.99. The van der Waals surface area contributed by atoms with Gasteiger partial charge in [0.2, 0.25) is 5.95 Å². The van der Waals surface area contributed by atoms with Crippen LogP contribution in [-0.2, 0) is 6.54 Å². The van der Waals surface area contributed by atoms with Crippen LogP contribution in [0.15, 0.2) is 35.2 Å². The van der Waals surface area contributed by atoms with Crippen LogP contribution in [0.1, 0.15) is 17.7 Å². The van der Waals surface area contributed by atoms with E-state index in [9.17, 15) is 0 Å². The van der Waals surface area contributed by atoms with Crippen molar-refractivity contribution in [1.29, 1.82) is 0 Å². The molecule has 1 aliphatic rings. The van der Waals surface area contributed by atoms with E-state index in [1.165, 1.54) is 5.56 Å². The van der Waals surface area contributed by atoms with Gasteiger partial charge >= 0.3 is 0 Å². The topological polar surface area (TPSA) is 45.4 Å². The average Bonchev–Trinajstić information content (AvgIpc) is 2.75. The van der Waals surface area contributed by atoms with Gasteiger partial charge in [0.25, 0.3) is 0 Å². The average molecular weight is 272 g/mol. The van der Waals surface area contributed by atoms with E-state index in [4.69, 9.17) is 4.42 Å².